The van der Waals surface area contributed by atoms with Crippen LogP contribution in [0.5, 0.6) is 5.75 Å². The summed E-state index contributed by atoms with van der Waals surface area (Å²) in [5, 5.41) is 0. The van der Waals surface area contributed by atoms with E-state index >= 15 is 0 Å². The molecule has 0 N–H and O–H groups in total. The number of benzene rings is 2. The van der Waals surface area contributed by atoms with E-state index in [1.807, 2.05) is 30.3 Å². The second kappa shape index (κ2) is 6.39. The number of ether oxygens (including phenoxy) is 1. The third-order valence-electron chi connectivity index (χ3n) is 3.98. The van der Waals surface area contributed by atoms with Crippen molar-refractivity contribution < 1.29 is 18.3 Å². The lowest BCUT2D eigenvalue weighted by atomic mass is 10.2. The van der Waals surface area contributed by atoms with E-state index in [1.165, 1.54) is 24.3 Å². The van der Waals surface area contributed by atoms with Crippen molar-refractivity contribution in [3.8, 4) is 5.75 Å². The van der Waals surface area contributed by atoms with Gasteiger partial charge in [0.2, 0.25) is 5.89 Å². The van der Waals surface area contributed by atoms with Gasteiger partial charge in [-0.15, -0.1) is 0 Å². The van der Waals surface area contributed by atoms with E-state index in [0.717, 1.165) is 11.4 Å². The van der Waals surface area contributed by atoms with Crippen LogP contribution in [0.4, 0.5) is 4.39 Å². The summed E-state index contributed by atoms with van der Waals surface area (Å²) in [7, 11) is 0. The minimum atomic E-state index is -0.366. The SMILES string of the molecule is O=C(c1ccc(F)cc1)N1Cc2nc(COc3ccccc3)oc2C1. The Bertz CT molecular complexity index is 867. The minimum absolute atomic E-state index is 0.171. The van der Waals surface area contributed by atoms with Crippen molar-refractivity contribution in [3.63, 3.8) is 0 Å². The van der Waals surface area contributed by atoms with Gasteiger partial charge in [-0.25, -0.2) is 9.37 Å². The molecule has 0 fully saturated rings. The highest BCUT2D eigenvalue weighted by Gasteiger charge is 2.29. The standard InChI is InChI=1S/C19H15FN2O3/c20-14-8-6-13(7-9-14)19(23)22-10-16-17(11-22)25-18(21-16)12-24-15-4-2-1-3-5-15/h1-9H,10-12H2. The lowest BCUT2D eigenvalue weighted by molar-refractivity contribution is 0.0740. The van der Waals surface area contributed by atoms with E-state index in [9.17, 15) is 9.18 Å². The second-order valence-corrected chi connectivity index (χ2v) is 5.75. The Balaban J connectivity index is 1.39. The van der Waals surface area contributed by atoms with Crippen molar-refractivity contribution in [1.29, 1.82) is 0 Å². The van der Waals surface area contributed by atoms with Crippen molar-refractivity contribution in [2.45, 2.75) is 19.7 Å². The zero-order valence-corrected chi connectivity index (χ0v) is 13.3. The predicted octanol–water partition coefficient (Wildman–Crippen LogP) is 3.55. The van der Waals surface area contributed by atoms with Crippen LogP contribution in [0.2, 0.25) is 0 Å². The first-order chi connectivity index (χ1) is 12.2. The molecule has 2 aromatic carbocycles. The number of hydrogen-bond donors (Lipinski definition) is 0. The van der Waals surface area contributed by atoms with Gasteiger partial charge in [-0.3, -0.25) is 4.79 Å². The third-order valence-corrected chi connectivity index (χ3v) is 3.98. The Morgan fingerprint density at radius 3 is 2.60 bits per heavy atom. The number of oxazole rings is 1. The van der Waals surface area contributed by atoms with E-state index in [-0.39, 0.29) is 18.3 Å². The summed E-state index contributed by atoms with van der Waals surface area (Å²) in [6, 6.07) is 14.9. The number of para-hydroxylation sites is 1. The van der Waals surface area contributed by atoms with Crippen LogP contribution in [0.1, 0.15) is 27.7 Å². The molecule has 4 rings (SSSR count). The average Bonchev–Trinajstić information content (AvgIpc) is 3.19. The highest BCUT2D eigenvalue weighted by molar-refractivity contribution is 5.94. The molecule has 1 amide bonds. The van der Waals surface area contributed by atoms with Crippen LogP contribution in [0.3, 0.4) is 0 Å². The topological polar surface area (TPSA) is 55.6 Å². The quantitative estimate of drug-likeness (QED) is 0.730. The maximum atomic E-state index is 13.0. The van der Waals surface area contributed by atoms with Gasteiger partial charge in [0.05, 0.1) is 13.1 Å². The molecular weight excluding hydrogens is 323 g/mol. The lowest BCUT2D eigenvalue weighted by Gasteiger charge is -2.15. The maximum Gasteiger partial charge on any atom is 0.254 e. The summed E-state index contributed by atoms with van der Waals surface area (Å²) in [4.78, 5) is 18.5. The Morgan fingerprint density at radius 1 is 1.12 bits per heavy atom. The van der Waals surface area contributed by atoms with Crippen molar-refractivity contribution in [2.24, 2.45) is 0 Å². The van der Waals surface area contributed by atoms with Crippen molar-refractivity contribution >= 4 is 5.91 Å². The number of carbonyl (C=O) groups excluding carboxylic acids is 1. The number of hydrogen-bond acceptors (Lipinski definition) is 4. The third kappa shape index (κ3) is 3.24. The summed E-state index contributed by atoms with van der Waals surface area (Å²) in [5.74, 6) is 1.36. The molecule has 0 saturated heterocycles. The number of fused-ring (bicyclic) bond motifs is 1. The fraction of sp³-hybridized carbons (Fsp3) is 0.158. The zero-order chi connectivity index (χ0) is 17.2. The number of nitrogens with zero attached hydrogens (tertiary/aromatic N) is 2. The summed E-state index contributed by atoms with van der Waals surface area (Å²) >= 11 is 0. The molecule has 6 heteroatoms. The van der Waals surface area contributed by atoms with Crippen molar-refractivity contribution in [2.75, 3.05) is 0 Å². The van der Waals surface area contributed by atoms with Crippen LogP contribution < -0.4 is 4.74 Å². The van der Waals surface area contributed by atoms with Crippen molar-refractivity contribution in [3.05, 3.63) is 83.3 Å². The number of carbonyl (C=O) groups is 1. The first-order valence-corrected chi connectivity index (χ1v) is 7.89. The molecule has 126 valence electrons. The number of amides is 1. The van der Waals surface area contributed by atoms with Crippen LogP contribution in [0.15, 0.2) is 59.0 Å². The van der Waals surface area contributed by atoms with E-state index in [2.05, 4.69) is 4.98 Å². The van der Waals surface area contributed by atoms with E-state index in [0.29, 0.717) is 30.3 Å². The molecule has 2 heterocycles. The van der Waals surface area contributed by atoms with Crippen LogP contribution >= 0.6 is 0 Å². The predicted molar refractivity (Wildman–Crippen MR) is 87.3 cm³/mol. The fourth-order valence-electron chi connectivity index (χ4n) is 2.74. The number of rotatable bonds is 4. The molecule has 5 nitrogen and oxygen atoms in total. The van der Waals surface area contributed by atoms with Gasteiger partial charge in [-0.1, -0.05) is 18.2 Å². The summed E-state index contributed by atoms with van der Waals surface area (Å²) in [6.07, 6.45) is 0. The molecule has 0 atom stereocenters. The molecule has 1 aromatic heterocycles. The molecule has 3 aromatic rings. The first-order valence-electron chi connectivity index (χ1n) is 7.89. The molecule has 0 unspecified atom stereocenters. The summed E-state index contributed by atoms with van der Waals surface area (Å²) < 4.78 is 24.3. The Kier molecular flexibility index (Phi) is 3.93. The van der Waals surface area contributed by atoms with Gasteiger partial charge in [-0.2, -0.15) is 0 Å². The normalized spacial score (nSPS) is 12.9. The largest absolute Gasteiger partial charge is 0.484 e. The Morgan fingerprint density at radius 2 is 1.88 bits per heavy atom. The fourth-order valence-corrected chi connectivity index (χ4v) is 2.74. The van der Waals surface area contributed by atoms with Gasteiger partial charge in [0.1, 0.15) is 23.0 Å². The molecule has 0 bridgehead atoms. The first kappa shape index (κ1) is 15.4. The van der Waals surface area contributed by atoms with Gasteiger partial charge < -0.3 is 14.1 Å². The van der Waals surface area contributed by atoms with E-state index in [1.54, 1.807) is 4.90 Å². The van der Waals surface area contributed by atoms with Gasteiger partial charge in [-0.05, 0) is 36.4 Å². The summed E-state index contributed by atoms with van der Waals surface area (Å²) in [5.41, 5.74) is 1.18. The zero-order valence-electron chi connectivity index (χ0n) is 13.3. The van der Waals surface area contributed by atoms with Gasteiger partial charge in [0.25, 0.3) is 5.91 Å². The lowest BCUT2D eigenvalue weighted by Crippen LogP contribution is -2.25. The van der Waals surface area contributed by atoms with Crippen molar-refractivity contribution in [1.82, 2.24) is 9.88 Å². The average molecular weight is 338 g/mol. The molecule has 0 saturated carbocycles. The second-order valence-electron chi connectivity index (χ2n) is 5.75. The highest BCUT2D eigenvalue weighted by atomic mass is 19.1. The molecular formula is C19H15FN2O3. The van der Waals surface area contributed by atoms with Crippen LogP contribution in [-0.4, -0.2) is 15.8 Å². The van der Waals surface area contributed by atoms with Crippen LogP contribution in [0.25, 0.3) is 0 Å². The summed E-state index contributed by atoms with van der Waals surface area (Å²) in [6.45, 7) is 0.965. The van der Waals surface area contributed by atoms with Gasteiger partial charge in [0, 0.05) is 5.56 Å². The molecule has 1 aliphatic heterocycles. The maximum absolute atomic E-state index is 13.0. The number of halogens is 1. The number of aromatic nitrogens is 1. The minimum Gasteiger partial charge on any atom is -0.484 e. The monoisotopic (exact) mass is 338 g/mol. The highest BCUT2D eigenvalue weighted by Crippen LogP contribution is 2.25. The van der Waals surface area contributed by atoms with Crippen LogP contribution in [0, 0.1) is 5.82 Å². The molecule has 0 radical (unpaired) electrons. The Hall–Kier alpha value is -3.15. The molecule has 0 aliphatic carbocycles. The van der Waals surface area contributed by atoms with E-state index < -0.39 is 0 Å². The molecule has 1 aliphatic rings. The van der Waals surface area contributed by atoms with Gasteiger partial charge in [0.15, 0.2) is 6.61 Å². The Labute approximate surface area is 143 Å². The van der Waals surface area contributed by atoms with Gasteiger partial charge >= 0.3 is 0 Å². The molecule has 0 spiro atoms. The van der Waals surface area contributed by atoms with E-state index in [4.69, 9.17) is 9.15 Å². The smallest absolute Gasteiger partial charge is 0.254 e. The molecule has 25 heavy (non-hydrogen) atoms. The van der Waals surface area contributed by atoms with Crippen LogP contribution in [-0.2, 0) is 19.7 Å².